The monoisotopic (exact) mass is 295 g/mol. The predicted molar refractivity (Wildman–Crippen MR) is 83.4 cm³/mol. The molecule has 0 amide bonds. The van der Waals surface area contributed by atoms with E-state index in [4.69, 9.17) is 17.3 Å². The third-order valence-corrected chi connectivity index (χ3v) is 3.35. The molecular formula is C15H10ClN5. The lowest BCUT2D eigenvalue weighted by Crippen LogP contribution is -2.00. The Balaban J connectivity index is 2.19. The summed E-state index contributed by atoms with van der Waals surface area (Å²) in [6, 6.07) is 14.6. The Morgan fingerprint density at radius 3 is 2.76 bits per heavy atom. The van der Waals surface area contributed by atoms with E-state index < -0.39 is 0 Å². The van der Waals surface area contributed by atoms with Gasteiger partial charge >= 0.3 is 0 Å². The van der Waals surface area contributed by atoms with Crippen LogP contribution in [0, 0.1) is 11.3 Å². The van der Waals surface area contributed by atoms with E-state index in [9.17, 15) is 5.26 Å². The van der Waals surface area contributed by atoms with Crippen molar-refractivity contribution in [3.05, 3.63) is 53.2 Å². The van der Waals surface area contributed by atoms with Crippen LogP contribution >= 0.6 is 11.6 Å². The van der Waals surface area contributed by atoms with E-state index >= 15 is 0 Å². The van der Waals surface area contributed by atoms with Crippen molar-refractivity contribution in [2.45, 2.75) is 0 Å². The summed E-state index contributed by atoms with van der Waals surface area (Å²) in [7, 11) is 0. The van der Waals surface area contributed by atoms with Gasteiger partial charge in [-0.3, -0.25) is 0 Å². The number of rotatable bonds is 2. The fourth-order valence-electron chi connectivity index (χ4n) is 2.03. The Bertz CT molecular complexity index is 870. The molecule has 3 rings (SSSR count). The number of aromatic nitrogens is 2. The number of nitriles is 1. The number of nitrogens with zero attached hydrogens (tertiary/aromatic N) is 3. The maximum Gasteiger partial charge on any atom is 0.187 e. The Hall–Kier alpha value is -2.84. The summed E-state index contributed by atoms with van der Waals surface area (Å²) in [4.78, 5) is 0. The second kappa shape index (κ2) is 5.27. The van der Waals surface area contributed by atoms with Crippen molar-refractivity contribution in [2.75, 3.05) is 11.1 Å². The molecule has 2 aromatic carbocycles. The van der Waals surface area contributed by atoms with E-state index in [1.54, 1.807) is 18.2 Å². The predicted octanol–water partition coefficient (Wildman–Crippen LogP) is 3.48. The molecule has 0 bridgehead atoms. The molecule has 0 saturated carbocycles. The van der Waals surface area contributed by atoms with Crippen LogP contribution in [0.5, 0.6) is 0 Å². The van der Waals surface area contributed by atoms with Gasteiger partial charge in [-0.05, 0) is 24.3 Å². The van der Waals surface area contributed by atoms with Gasteiger partial charge < -0.3 is 11.1 Å². The molecular weight excluding hydrogens is 286 g/mol. The van der Waals surface area contributed by atoms with Crippen molar-refractivity contribution in [1.29, 1.82) is 5.26 Å². The number of hydrogen-bond acceptors (Lipinski definition) is 5. The van der Waals surface area contributed by atoms with Gasteiger partial charge in [0.25, 0.3) is 0 Å². The van der Waals surface area contributed by atoms with Gasteiger partial charge in [-0.1, -0.05) is 29.8 Å². The second-order valence-electron chi connectivity index (χ2n) is 4.42. The maximum absolute atomic E-state index is 9.23. The van der Waals surface area contributed by atoms with E-state index in [1.165, 1.54) is 0 Å². The van der Waals surface area contributed by atoms with Gasteiger partial charge in [0, 0.05) is 11.1 Å². The van der Waals surface area contributed by atoms with Crippen LogP contribution in [0.4, 0.5) is 17.1 Å². The van der Waals surface area contributed by atoms with E-state index in [1.807, 2.05) is 30.3 Å². The Kier molecular flexibility index (Phi) is 3.30. The minimum Gasteiger partial charge on any atom is -0.399 e. The fraction of sp³-hybridized carbons (Fsp3) is 0. The first-order chi connectivity index (χ1) is 10.2. The van der Waals surface area contributed by atoms with E-state index in [0.717, 1.165) is 5.39 Å². The topological polar surface area (TPSA) is 87.6 Å². The molecule has 0 aliphatic rings. The van der Waals surface area contributed by atoms with Crippen LogP contribution in [-0.4, -0.2) is 10.2 Å². The molecule has 0 spiro atoms. The minimum atomic E-state index is 0.201. The Morgan fingerprint density at radius 2 is 1.95 bits per heavy atom. The number of nitrogens with one attached hydrogen (secondary N) is 1. The Morgan fingerprint density at radius 1 is 1.14 bits per heavy atom. The van der Waals surface area contributed by atoms with Crippen molar-refractivity contribution < 1.29 is 0 Å². The van der Waals surface area contributed by atoms with Crippen molar-refractivity contribution >= 4 is 39.6 Å². The van der Waals surface area contributed by atoms with Crippen LogP contribution in [0.25, 0.3) is 10.9 Å². The molecule has 0 fully saturated rings. The number of nitrogens with two attached hydrogens (primary N) is 1. The average Bonchev–Trinajstić information content (AvgIpc) is 2.51. The van der Waals surface area contributed by atoms with Crippen LogP contribution in [0.1, 0.15) is 5.69 Å². The van der Waals surface area contributed by atoms with Crippen LogP contribution in [0.2, 0.25) is 5.02 Å². The van der Waals surface area contributed by atoms with Gasteiger partial charge in [0.2, 0.25) is 0 Å². The molecule has 0 aliphatic heterocycles. The normalized spacial score (nSPS) is 10.3. The zero-order valence-electron chi connectivity index (χ0n) is 10.8. The van der Waals surface area contributed by atoms with Gasteiger partial charge in [-0.2, -0.15) is 5.26 Å². The summed E-state index contributed by atoms with van der Waals surface area (Å²) in [5.74, 6) is 0. The summed E-state index contributed by atoms with van der Waals surface area (Å²) in [6.07, 6.45) is 0. The molecule has 102 valence electrons. The number of benzene rings is 2. The SMILES string of the molecule is N#Cc1nnc2ccccc2c1Nc1cc(N)ccc1Cl. The fourth-order valence-corrected chi connectivity index (χ4v) is 2.20. The van der Waals surface area contributed by atoms with Crippen molar-refractivity contribution in [1.82, 2.24) is 10.2 Å². The van der Waals surface area contributed by atoms with Crippen LogP contribution in [-0.2, 0) is 0 Å². The largest absolute Gasteiger partial charge is 0.399 e. The van der Waals surface area contributed by atoms with Crippen LogP contribution in [0.15, 0.2) is 42.5 Å². The molecule has 3 aromatic rings. The van der Waals surface area contributed by atoms with Crippen LogP contribution < -0.4 is 11.1 Å². The summed E-state index contributed by atoms with van der Waals surface area (Å²) in [6.45, 7) is 0. The number of nitrogen functional groups attached to an aromatic ring is 1. The van der Waals surface area contributed by atoms with E-state index in [2.05, 4.69) is 15.5 Å². The third-order valence-electron chi connectivity index (χ3n) is 3.02. The van der Waals surface area contributed by atoms with Gasteiger partial charge in [-0.15, -0.1) is 10.2 Å². The van der Waals surface area contributed by atoms with Crippen molar-refractivity contribution in [3.8, 4) is 6.07 Å². The third kappa shape index (κ3) is 2.45. The lowest BCUT2D eigenvalue weighted by atomic mass is 10.1. The summed E-state index contributed by atoms with van der Waals surface area (Å²) in [5, 5.41) is 21.6. The molecule has 0 aliphatic carbocycles. The smallest absolute Gasteiger partial charge is 0.187 e. The van der Waals surface area contributed by atoms with Gasteiger partial charge in [0.1, 0.15) is 6.07 Å². The first kappa shape index (κ1) is 13.2. The van der Waals surface area contributed by atoms with Crippen molar-refractivity contribution in [3.63, 3.8) is 0 Å². The highest BCUT2D eigenvalue weighted by Gasteiger charge is 2.12. The van der Waals surface area contributed by atoms with Gasteiger partial charge in [-0.25, -0.2) is 0 Å². The molecule has 3 N–H and O–H groups in total. The molecule has 0 atom stereocenters. The molecule has 21 heavy (non-hydrogen) atoms. The molecule has 0 unspecified atom stereocenters. The number of hydrogen-bond donors (Lipinski definition) is 2. The van der Waals surface area contributed by atoms with E-state index in [-0.39, 0.29) is 5.69 Å². The molecule has 1 heterocycles. The van der Waals surface area contributed by atoms with Gasteiger partial charge in [0.05, 0.1) is 21.9 Å². The number of halogens is 1. The number of anilines is 3. The lowest BCUT2D eigenvalue weighted by Gasteiger charge is -2.12. The van der Waals surface area contributed by atoms with E-state index in [0.29, 0.717) is 27.6 Å². The maximum atomic E-state index is 9.23. The molecule has 0 saturated heterocycles. The highest BCUT2D eigenvalue weighted by atomic mass is 35.5. The molecule has 1 aromatic heterocycles. The molecule has 5 nitrogen and oxygen atoms in total. The highest BCUT2D eigenvalue weighted by molar-refractivity contribution is 6.33. The van der Waals surface area contributed by atoms with Gasteiger partial charge in [0.15, 0.2) is 5.69 Å². The standard InChI is InChI=1S/C15H10ClN5/c16-11-6-5-9(18)7-13(11)19-15-10-3-1-2-4-12(10)20-21-14(15)8-17/h1-7H,18H2,(H,19,20). The molecule has 0 radical (unpaired) electrons. The first-order valence-corrected chi connectivity index (χ1v) is 6.54. The second-order valence-corrected chi connectivity index (χ2v) is 4.82. The highest BCUT2D eigenvalue weighted by Crippen LogP contribution is 2.31. The average molecular weight is 296 g/mol. The summed E-state index contributed by atoms with van der Waals surface area (Å²) in [5.41, 5.74) is 8.43. The first-order valence-electron chi connectivity index (χ1n) is 6.16. The lowest BCUT2D eigenvalue weighted by molar-refractivity contribution is 1.05. The number of fused-ring (bicyclic) bond motifs is 1. The summed E-state index contributed by atoms with van der Waals surface area (Å²) < 4.78 is 0. The zero-order chi connectivity index (χ0) is 14.8. The summed E-state index contributed by atoms with van der Waals surface area (Å²) >= 11 is 6.16. The Labute approximate surface area is 126 Å². The zero-order valence-corrected chi connectivity index (χ0v) is 11.6. The minimum absolute atomic E-state index is 0.201. The molecule has 6 heteroatoms. The quantitative estimate of drug-likeness (QED) is 0.707. The van der Waals surface area contributed by atoms with Crippen LogP contribution in [0.3, 0.4) is 0 Å². The van der Waals surface area contributed by atoms with Crippen molar-refractivity contribution in [2.24, 2.45) is 0 Å².